The minimum Gasteiger partial charge on any atom is -0.409 e. The van der Waals surface area contributed by atoms with Gasteiger partial charge in [-0.05, 0) is 18.6 Å². The summed E-state index contributed by atoms with van der Waals surface area (Å²) in [7, 11) is 0. The predicted octanol–water partition coefficient (Wildman–Crippen LogP) is 0.427. The Morgan fingerprint density at radius 3 is 2.62 bits per heavy atom. The third-order valence-electron chi connectivity index (χ3n) is 2.74. The Morgan fingerprint density at radius 1 is 1.24 bits per heavy atom. The molecule has 21 heavy (non-hydrogen) atoms. The molecular weight excluding hydrogens is 272 g/mol. The van der Waals surface area contributed by atoms with Gasteiger partial charge in [-0.15, -0.1) is 0 Å². The van der Waals surface area contributed by atoms with Crippen molar-refractivity contribution in [3.8, 4) is 0 Å². The van der Waals surface area contributed by atoms with Crippen molar-refractivity contribution in [2.45, 2.75) is 19.8 Å². The second-order valence-electron chi connectivity index (χ2n) is 4.42. The monoisotopic (exact) mass is 292 g/mol. The topological polar surface area (TPSA) is 117 Å². The summed E-state index contributed by atoms with van der Waals surface area (Å²) in [5.74, 6) is -0.475. The number of benzene rings is 1. The molecule has 0 atom stereocenters. The van der Waals surface area contributed by atoms with Crippen LogP contribution >= 0.6 is 0 Å². The number of carbonyl (C=O) groups is 2. The average molecular weight is 292 g/mol. The quantitative estimate of drug-likeness (QED) is 0.252. The van der Waals surface area contributed by atoms with E-state index in [9.17, 15) is 9.59 Å². The third kappa shape index (κ3) is 5.52. The molecule has 0 aliphatic rings. The standard InChI is InChI=1S/C14H20N4O3/c1-2-7-16-12(19)6-8-17-14(20)11-5-3-4-10(9-11)13(15)18-21/h3-5,9,21H,2,6-8H2,1H3,(H2,15,18)(H,16,19)(H,17,20). The molecule has 1 aromatic carbocycles. The van der Waals surface area contributed by atoms with E-state index in [4.69, 9.17) is 10.9 Å². The van der Waals surface area contributed by atoms with Crippen LogP contribution in [0.15, 0.2) is 29.4 Å². The molecule has 1 rings (SSSR count). The first-order chi connectivity index (χ1) is 10.1. The van der Waals surface area contributed by atoms with Crippen molar-refractivity contribution in [1.29, 1.82) is 0 Å². The van der Waals surface area contributed by atoms with Gasteiger partial charge in [0.25, 0.3) is 5.91 Å². The lowest BCUT2D eigenvalue weighted by molar-refractivity contribution is -0.120. The van der Waals surface area contributed by atoms with Gasteiger partial charge in [0.2, 0.25) is 5.91 Å². The van der Waals surface area contributed by atoms with Gasteiger partial charge in [0.15, 0.2) is 5.84 Å². The summed E-state index contributed by atoms with van der Waals surface area (Å²) in [4.78, 5) is 23.3. The van der Waals surface area contributed by atoms with Gasteiger partial charge in [0.05, 0.1) is 0 Å². The molecule has 0 saturated heterocycles. The van der Waals surface area contributed by atoms with Crippen LogP contribution in [0.4, 0.5) is 0 Å². The van der Waals surface area contributed by atoms with Gasteiger partial charge in [0.1, 0.15) is 0 Å². The van der Waals surface area contributed by atoms with Crippen molar-refractivity contribution in [3.05, 3.63) is 35.4 Å². The molecule has 0 saturated carbocycles. The van der Waals surface area contributed by atoms with E-state index < -0.39 is 0 Å². The molecule has 7 nitrogen and oxygen atoms in total. The van der Waals surface area contributed by atoms with Gasteiger partial charge in [-0.2, -0.15) is 0 Å². The van der Waals surface area contributed by atoms with E-state index >= 15 is 0 Å². The van der Waals surface area contributed by atoms with Crippen LogP contribution in [0.3, 0.4) is 0 Å². The number of nitrogens with zero attached hydrogens (tertiary/aromatic N) is 1. The van der Waals surface area contributed by atoms with Crippen LogP contribution in [0, 0.1) is 0 Å². The van der Waals surface area contributed by atoms with Crippen LogP contribution in [0.5, 0.6) is 0 Å². The molecule has 2 amide bonds. The molecule has 0 unspecified atom stereocenters. The SMILES string of the molecule is CCCNC(=O)CCNC(=O)c1cccc(C(N)=NO)c1. The smallest absolute Gasteiger partial charge is 0.251 e. The highest BCUT2D eigenvalue weighted by molar-refractivity contribution is 6.01. The lowest BCUT2D eigenvalue weighted by Crippen LogP contribution is -2.31. The first-order valence-corrected chi connectivity index (χ1v) is 6.71. The molecule has 0 aromatic heterocycles. The first-order valence-electron chi connectivity index (χ1n) is 6.71. The van der Waals surface area contributed by atoms with Crippen molar-refractivity contribution >= 4 is 17.6 Å². The summed E-state index contributed by atoms with van der Waals surface area (Å²) in [6.45, 7) is 2.85. The van der Waals surface area contributed by atoms with Crippen LogP contribution in [0.2, 0.25) is 0 Å². The van der Waals surface area contributed by atoms with Gasteiger partial charge in [0, 0.05) is 30.6 Å². The molecule has 1 aromatic rings. The van der Waals surface area contributed by atoms with E-state index in [-0.39, 0.29) is 30.6 Å². The van der Waals surface area contributed by atoms with Crippen LogP contribution in [-0.4, -0.2) is 35.9 Å². The zero-order valence-corrected chi connectivity index (χ0v) is 11.9. The molecular formula is C14H20N4O3. The van der Waals surface area contributed by atoms with E-state index in [0.717, 1.165) is 6.42 Å². The van der Waals surface area contributed by atoms with Crippen molar-refractivity contribution < 1.29 is 14.8 Å². The van der Waals surface area contributed by atoms with Crippen molar-refractivity contribution in [1.82, 2.24) is 10.6 Å². The fourth-order valence-corrected chi connectivity index (χ4v) is 1.62. The summed E-state index contributed by atoms with van der Waals surface area (Å²) in [6, 6.07) is 6.39. The fraction of sp³-hybridized carbons (Fsp3) is 0.357. The van der Waals surface area contributed by atoms with Crippen molar-refractivity contribution in [3.63, 3.8) is 0 Å². The molecule has 5 N–H and O–H groups in total. The normalized spacial score (nSPS) is 11.0. The lowest BCUT2D eigenvalue weighted by Gasteiger charge is -2.07. The fourth-order valence-electron chi connectivity index (χ4n) is 1.62. The number of nitrogens with one attached hydrogen (secondary N) is 2. The molecule has 0 heterocycles. The Balaban J connectivity index is 2.51. The maximum absolute atomic E-state index is 11.9. The summed E-state index contributed by atoms with van der Waals surface area (Å²) in [6.07, 6.45) is 1.10. The molecule has 0 bridgehead atoms. The second kappa shape index (κ2) is 8.57. The lowest BCUT2D eigenvalue weighted by atomic mass is 10.1. The number of hydrogen-bond donors (Lipinski definition) is 4. The number of amides is 2. The van der Waals surface area contributed by atoms with Gasteiger partial charge >= 0.3 is 0 Å². The molecule has 114 valence electrons. The molecule has 0 aliphatic carbocycles. The Morgan fingerprint density at radius 2 is 1.95 bits per heavy atom. The van der Waals surface area contributed by atoms with Gasteiger partial charge in [-0.1, -0.05) is 24.2 Å². The first kappa shape index (κ1) is 16.5. The molecule has 0 aliphatic heterocycles. The highest BCUT2D eigenvalue weighted by Gasteiger charge is 2.08. The van der Waals surface area contributed by atoms with Crippen LogP contribution in [0.25, 0.3) is 0 Å². The zero-order valence-electron chi connectivity index (χ0n) is 11.9. The maximum atomic E-state index is 11.9. The second-order valence-corrected chi connectivity index (χ2v) is 4.42. The number of carbonyl (C=O) groups excluding carboxylic acids is 2. The summed E-state index contributed by atoms with van der Waals surface area (Å²) < 4.78 is 0. The van der Waals surface area contributed by atoms with Crippen molar-refractivity contribution in [2.24, 2.45) is 10.9 Å². The highest BCUT2D eigenvalue weighted by atomic mass is 16.4. The van der Waals surface area contributed by atoms with E-state index in [1.807, 2.05) is 6.92 Å². The number of rotatable bonds is 7. The predicted molar refractivity (Wildman–Crippen MR) is 79.2 cm³/mol. The molecule has 7 heteroatoms. The van der Waals surface area contributed by atoms with E-state index in [2.05, 4.69) is 15.8 Å². The van der Waals surface area contributed by atoms with Crippen LogP contribution in [0.1, 0.15) is 35.7 Å². The summed E-state index contributed by atoms with van der Waals surface area (Å²) >= 11 is 0. The molecule has 0 fully saturated rings. The van der Waals surface area contributed by atoms with Crippen molar-refractivity contribution in [2.75, 3.05) is 13.1 Å². The molecule has 0 spiro atoms. The summed E-state index contributed by atoms with van der Waals surface area (Å²) in [5.41, 5.74) is 6.30. The zero-order chi connectivity index (χ0) is 15.7. The van der Waals surface area contributed by atoms with E-state index in [1.54, 1.807) is 18.2 Å². The average Bonchev–Trinajstić information content (AvgIpc) is 2.52. The number of amidine groups is 1. The maximum Gasteiger partial charge on any atom is 0.251 e. The molecule has 0 radical (unpaired) electrons. The van der Waals surface area contributed by atoms with E-state index in [1.165, 1.54) is 6.07 Å². The Labute approximate surface area is 123 Å². The van der Waals surface area contributed by atoms with Crippen LogP contribution in [-0.2, 0) is 4.79 Å². The third-order valence-corrected chi connectivity index (χ3v) is 2.74. The van der Waals surface area contributed by atoms with Gasteiger partial charge in [-0.3, -0.25) is 9.59 Å². The minimum atomic E-state index is -0.314. The highest BCUT2D eigenvalue weighted by Crippen LogP contribution is 2.05. The number of hydrogen-bond acceptors (Lipinski definition) is 4. The summed E-state index contributed by atoms with van der Waals surface area (Å²) in [5, 5.41) is 16.9. The number of oxime groups is 1. The Kier molecular flexibility index (Phi) is 6.73. The van der Waals surface area contributed by atoms with E-state index in [0.29, 0.717) is 17.7 Å². The Bertz CT molecular complexity index is 529. The van der Waals surface area contributed by atoms with Crippen LogP contribution < -0.4 is 16.4 Å². The van der Waals surface area contributed by atoms with Gasteiger partial charge in [-0.25, -0.2) is 0 Å². The minimum absolute atomic E-state index is 0.0661. The Hall–Kier alpha value is -2.57. The van der Waals surface area contributed by atoms with Gasteiger partial charge < -0.3 is 21.6 Å². The number of nitrogens with two attached hydrogens (primary N) is 1. The largest absolute Gasteiger partial charge is 0.409 e.